The van der Waals surface area contributed by atoms with Crippen LogP contribution >= 0.6 is 0 Å². The standard InChI is InChI=1S/C14H20N2O4/c17-13-4-6-15-9-12(13)14(18)16-5-2-7-19-10-11-3-1-8-20-11/h4,6,9,11H,1-3,5,7-8,10H2,(H,15,17)(H,16,18). The van der Waals surface area contributed by atoms with Crippen LogP contribution < -0.4 is 10.7 Å². The summed E-state index contributed by atoms with van der Waals surface area (Å²) in [6, 6.07) is 1.33. The van der Waals surface area contributed by atoms with Gasteiger partial charge in [-0.05, 0) is 19.3 Å². The van der Waals surface area contributed by atoms with Gasteiger partial charge < -0.3 is 19.8 Å². The molecule has 1 aliphatic rings. The predicted octanol–water partition coefficient (Wildman–Crippen LogP) is 0.690. The second-order valence-electron chi connectivity index (χ2n) is 4.74. The quantitative estimate of drug-likeness (QED) is 0.720. The summed E-state index contributed by atoms with van der Waals surface area (Å²) in [6.07, 6.45) is 6.02. The molecule has 1 aliphatic heterocycles. The molecule has 6 heteroatoms. The maximum atomic E-state index is 11.7. The van der Waals surface area contributed by atoms with E-state index in [-0.39, 0.29) is 23.0 Å². The van der Waals surface area contributed by atoms with Crippen LogP contribution in [0.1, 0.15) is 29.6 Å². The summed E-state index contributed by atoms with van der Waals surface area (Å²) in [5.74, 6) is -0.356. The van der Waals surface area contributed by atoms with Crippen LogP contribution in [-0.4, -0.2) is 43.4 Å². The van der Waals surface area contributed by atoms with Gasteiger partial charge in [-0.15, -0.1) is 0 Å². The van der Waals surface area contributed by atoms with Gasteiger partial charge in [-0.2, -0.15) is 0 Å². The number of carbonyl (C=O) groups is 1. The largest absolute Gasteiger partial charge is 0.379 e. The molecule has 1 aromatic heterocycles. The van der Waals surface area contributed by atoms with E-state index in [1.165, 1.54) is 18.5 Å². The lowest BCUT2D eigenvalue weighted by molar-refractivity contribution is 0.0166. The molecular formula is C14H20N2O4. The first-order chi connectivity index (χ1) is 9.77. The van der Waals surface area contributed by atoms with Crippen molar-refractivity contribution in [2.45, 2.75) is 25.4 Å². The van der Waals surface area contributed by atoms with E-state index in [4.69, 9.17) is 9.47 Å². The van der Waals surface area contributed by atoms with Crippen molar-refractivity contribution < 1.29 is 14.3 Å². The second kappa shape index (κ2) is 7.81. The van der Waals surface area contributed by atoms with Gasteiger partial charge in [-0.3, -0.25) is 9.59 Å². The number of aromatic nitrogens is 1. The number of hydrogen-bond donors (Lipinski definition) is 2. The molecule has 6 nitrogen and oxygen atoms in total. The monoisotopic (exact) mass is 280 g/mol. The molecule has 1 aromatic rings. The second-order valence-corrected chi connectivity index (χ2v) is 4.74. The molecule has 110 valence electrons. The summed E-state index contributed by atoms with van der Waals surface area (Å²) in [4.78, 5) is 25.9. The Bertz CT molecular complexity index is 480. The number of ether oxygens (including phenoxy) is 2. The fourth-order valence-corrected chi connectivity index (χ4v) is 2.06. The topological polar surface area (TPSA) is 80.4 Å². The highest BCUT2D eigenvalue weighted by Gasteiger charge is 2.15. The summed E-state index contributed by atoms with van der Waals surface area (Å²) < 4.78 is 10.9. The van der Waals surface area contributed by atoms with Crippen LogP contribution in [0.4, 0.5) is 0 Å². The van der Waals surface area contributed by atoms with Crippen molar-refractivity contribution >= 4 is 5.91 Å². The summed E-state index contributed by atoms with van der Waals surface area (Å²) in [5.41, 5.74) is -0.149. The molecule has 1 saturated heterocycles. The number of pyridine rings is 1. The minimum absolute atomic E-state index is 0.132. The van der Waals surface area contributed by atoms with E-state index in [0.29, 0.717) is 26.2 Å². The number of hydrogen-bond acceptors (Lipinski definition) is 4. The zero-order chi connectivity index (χ0) is 14.2. The van der Waals surface area contributed by atoms with Gasteiger partial charge in [0.25, 0.3) is 5.91 Å². The van der Waals surface area contributed by atoms with E-state index in [9.17, 15) is 9.59 Å². The molecule has 0 saturated carbocycles. The van der Waals surface area contributed by atoms with Crippen LogP contribution in [0.25, 0.3) is 0 Å². The number of amides is 1. The summed E-state index contributed by atoms with van der Waals surface area (Å²) in [5, 5.41) is 2.70. The molecule has 0 spiro atoms. The van der Waals surface area contributed by atoms with E-state index in [2.05, 4.69) is 10.3 Å². The molecule has 2 rings (SSSR count). The first-order valence-corrected chi connectivity index (χ1v) is 6.92. The minimum Gasteiger partial charge on any atom is -0.379 e. The third kappa shape index (κ3) is 4.47. The smallest absolute Gasteiger partial charge is 0.256 e. The van der Waals surface area contributed by atoms with Crippen LogP contribution in [0.2, 0.25) is 0 Å². The number of rotatable bonds is 7. The third-order valence-corrected chi connectivity index (χ3v) is 3.15. The molecule has 0 bridgehead atoms. The Labute approximate surface area is 117 Å². The lowest BCUT2D eigenvalue weighted by Gasteiger charge is -2.10. The van der Waals surface area contributed by atoms with Crippen LogP contribution in [0.3, 0.4) is 0 Å². The minimum atomic E-state index is -0.356. The zero-order valence-corrected chi connectivity index (χ0v) is 11.4. The summed E-state index contributed by atoms with van der Waals surface area (Å²) in [6.45, 7) is 2.51. The molecule has 1 amide bonds. The Kier molecular flexibility index (Phi) is 5.76. The van der Waals surface area contributed by atoms with Crippen LogP contribution in [0.5, 0.6) is 0 Å². The molecule has 2 N–H and O–H groups in total. The number of H-pyrrole nitrogens is 1. The van der Waals surface area contributed by atoms with E-state index >= 15 is 0 Å². The lowest BCUT2D eigenvalue weighted by atomic mass is 10.2. The predicted molar refractivity (Wildman–Crippen MR) is 73.8 cm³/mol. The van der Waals surface area contributed by atoms with Crippen molar-refractivity contribution in [1.82, 2.24) is 10.3 Å². The highest BCUT2D eigenvalue weighted by atomic mass is 16.5. The van der Waals surface area contributed by atoms with Crippen LogP contribution in [0, 0.1) is 0 Å². The van der Waals surface area contributed by atoms with Crippen molar-refractivity contribution in [3.05, 3.63) is 34.2 Å². The number of carbonyl (C=O) groups excluding carboxylic acids is 1. The molecule has 1 unspecified atom stereocenters. The maximum Gasteiger partial charge on any atom is 0.256 e. The molecular weight excluding hydrogens is 260 g/mol. The normalized spacial score (nSPS) is 18.1. The summed E-state index contributed by atoms with van der Waals surface area (Å²) in [7, 11) is 0. The van der Waals surface area contributed by atoms with E-state index in [0.717, 1.165) is 19.4 Å². The average molecular weight is 280 g/mol. The van der Waals surface area contributed by atoms with E-state index in [1.807, 2.05) is 0 Å². The van der Waals surface area contributed by atoms with Crippen molar-refractivity contribution in [1.29, 1.82) is 0 Å². The van der Waals surface area contributed by atoms with Crippen molar-refractivity contribution in [3.8, 4) is 0 Å². The van der Waals surface area contributed by atoms with Crippen molar-refractivity contribution in [2.75, 3.05) is 26.4 Å². The van der Waals surface area contributed by atoms with Gasteiger partial charge in [0.2, 0.25) is 0 Å². The Morgan fingerprint density at radius 2 is 2.45 bits per heavy atom. The fourth-order valence-electron chi connectivity index (χ4n) is 2.06. The highest BCUT2D eigenvalue weighted by Crippen LogP contribution is 2.11. The Hall–Kier alpha value is -1.66. The van der Waals surface area contributed by atoms with Gasteiger partial charge in [0.05, 0.1) is 12.7 Å². The van der Waals surface area contributed by atoms with Crippen LogP contribution in [0.15, 0.2) is 23.3 Å². The van der Waals surface area contributed by atoms with Gasteiger partial charge in [0.1, 0.15) is 5.56 Å². The Morgan fingerprint density at radius 1 is 1.55 bits per heavy atom. The molecule has 2 heterocycles. The molecule has 1 fully saturated rings. The number of nitrogens with one attached hydrogen (secondary N) is 2. The number of aromatic amines is 1. The van der Waals surface area contributed by atoms with E-state index in [1.54, 1.807) is 0 Å². The van der Waals surface area contributed by atoms with Crippen molar-refractivity contribution in [2.24, 2.45) is 0 Å². The van der Waals surface area contributed by atoms with Gasteiger partial charge in [-0.1, -0.05) is 0 Å². The first kappa shape index (κ1) is 14.7. The van der Waals surface area contributed by atoms with Gasteiger partial charge >= 0.3 is 0 Å². The Balaban J connectivity index is 1.58. The molecule has 20 heavy (non-hydrogen) atoms. The summed E-state index contributed by atoms with van der Waals surface area (Å²) >= 11 is 0. The first-order valence-electron chi connectivity index (χ1n) is 6.92. The van der Waals surface area contributed by atoms with Gasteiger partial charge in [0.15, 0.2) is 5.43 Å². The van der Waals surface area contributed by atoms with Crippen molar-refractivity contribution in [3.63, 3.8) is 0 Å². The van der Waals surface area contributed by atoms with Crippen LogP contribution in [-0.2, 0) is 9.47 Å². The molecule has 0 aromatic carbocycles. The maximum absolute atomic E-state index is 11.7. The lowest BCUT2D eigenvalue weighted by Crippen LogP contribution is -2.29. The third-order valence-electron chi connectivity index (χ3n) is 3.15. The highest BCUT2D eigenvalue weighted by molar-refractivity contribution is 5.93. The molecule has 0 aliphatic carbocycles. The Morgan fingerprint density at radius 3 is 3.20 bits per heavy atom. The zero-order valence-electron chi connectivity index (χ0n) is 11.4. The van der Waals surface area contributed by atoms with Gasteiger partial charge in [0, 0.05) is 38.2 Å². The molecule has 1 atom stereocenters. The SMILES string of the molecule is O=C(NCCCOCC1CCCO1)c1c[nH]ccc1=O. The average Bonchev–Trinajstić information content (AvgIpc) is 2.96. The fraction of sp³-hybridized carbons (Fsp3) is 0.571. The van der Waals surface area contributed by atoms with Gasteiger partial charge in [-0.25, -0.2) is 0 Å². The van der Waals surface area contributed by atoms with E-state index < -0.39 is 0 Å². The molecule has 0 radical (unpaired) electrons.